The second kappa shape index (κ2) is 8.62. The molecule has 39 heavy (non-hydrogen) atoms. The Morgan fingerprint density at radius 1 is 1.03 bits per heavy atom. The number of ketones is 2. The van der Waals surface area contributed by atoms with Crippen LogP contribution in [0, 0.1) is 61.6 Å². The van der Waals surface area contributed by atoms with Gasteiger partial charge < -0.3 is 9.47 Å². The van der Waals surface area contributed by atoms with Crippen LogP contribution in [0.1, 0.15) is 86.5 Å². The van der Waals surface area contributed by atoms with Crippen molar-refractivity contribution in [3.8, 4) is 6.07 Å². The van der Waals surface area contributed by atoms with Crippen LogP contribution in [-0.4, -0.2) is 38.4 Å². The van der Waals surface area contributed by atoms with Crippen molar-refractivity contribution in [1.82, 2.24) is 0 Å². The quantitative estimate of drug-likeness (QED) is 0.411. The highest BCUT2D eigenvalue weighted by Gasteiger charge is 2.71. The first kappa shape index (κ1) is 28.3. The summed E-state index contributed by atoms with van der Waals surface area (Å²) in [4.78, 5) is 41.4. The number of esters is 1. The van der Waals surface area contributed by atoms with E-state index in [9.17, 15) is 19.6 Å². The number of methoxy groups -OCH3 is 2. The molecule has 0 aliphatic heterocycles. The van der Waals surface area contributed by atoms with E-state index in [4.69, 9.17) is 9.47 Å². The van der Waals surface area contributed by atoms with Gasteiger partial charge in [0.25, 0.3) is 0 Å². The zero-order valence-corrected chi connectivity index (χ0v) is 25.0. The molecular formula is C33H45NO5. The van der Waals surface area contributed by atoms with Gasteiger partial charge in [-0.3, -0.25) is 14.4 Å². The fourth-order valence-corrected chi connectivity index (χ4v) is 10.5. The van der Waals surface area contributed by atoms with Gasteiger partial charge in [0.2, 0.25) is 0 Å². The number of ether oxygens (including phenoxy) is 2. The van der Waals surface area contributed by atoms with Gasteiger partial charge in [-0.15, -0.1) is 0 Å². The minimum absolute atomic E-state index is 0.0470. The van der Waals surface area contributed by atoms with E-state index in [-0.39, 0.29) is 63.7 Å². The molecule has 5 rings (SSSR count). The summed E-state index contributed by atoms with van der Waals surface area (Å²) in [6.45, 7) is 13.4. The number of hydrogen-bond acceptors (Lipinski definition) is 6. The van der Waals surface area contributed by atoms with Crippen molar-refractivity contribution in [2.24, 2.45) is 50.2 Å². The number of rotatable bonds is 3. The molecule has 3 fully saturated rings. The summed E-state index contributed by atoms with van der Waals surface area (Å²) in [6.07, 6.45) is 9.42. The molecule has 0 N–H and O–H groups in total. The molecule has 0 spiro atoms. The van der Waals surface area contributed by atoms with Crippen molar-refractivity contribution in [1.29, 1.82) is 5.26 Å². The zero-order valence-electron chi connectivity index (χ0n) is 25.0. The van der Waals surface area contributed by atoms with Crippen LogP contribution in [0.2, 0.25) is 0 Å². The molecule has 6 heteroatoms. The molecule has 3 saturated carbocycles. The lowest BCUT2D eigenvalue weighted by molar-refractivity contribution is -0.191. The second-order valence-electron chi connectivity index (χ2n) is 15.0. The largest absolute Gasteiger partial charge is 0.469 e. The molecule has 0 bridgehead atoms. The predicted octanol–water partition coefficient (Wildman–Crippen LogP) is 6.01. The Morgan fingerprint density at radius 3 is 2.31 bits per heavy atom. The van der Waals surface area contributed by atoms with E-state index in [2.05, 4.69) is 40.7 Å². The normalized spacial score (nSPS) is 46.4. The number of allylic oxidation sites excluding steroid dienone is 4. The number of carbonyl (C=O) groups is 3. The first-order valence-corrected chi connectivity index (χ1v) is 14.6. The minimum Gasteiger partial charge on any atom is -0.469 e. The minimum atomic E-state index is -0.841. The van der Waals surface area contributed by atoms with Crippen molar-refractivity contribution in [2.75, 3.05) is 20.8 Å². The number of carbonyl (C=O) groups excluding carboxylic acids is 3. The van der Waals surface area contributed by atoms with Crippen LogP contribution >= 0.6 is 0 Å². The Balaban J connectivity index is 1.70. The van der Waals surface area contributed by atoms with Gasteiger partial charge >= 0.3 is 5.97 Å². The summed E-state index contributed by atoms with van der Waals surface area (Å²) in [5.74, 6) is -0.635. The second-order valence-corrected chi connectivity index (χ2v) is 15.0. The van der Waals surface area contributed by atoms with Crippen molar-refractivity contribution >= 4 is 17.5 Å². The average molecular weight is 536 g/mol. The highest BCUT2D eigenvalue weighted by molar-refractivity contribution is 6.05. The van der Waals surface area contributed by atoms with Gasteiger partial charge in [-0.2, -0.15) is 5.26 Å². The zero-order chi connectivity index (χ0) is 28.8. The molecule has 0 aromatic heterocycles. The maximum atomic E-state index is 14.5. The monoisotopic (exact) mass is 535 g/mol. The summed E-state index contributed by atoms with van der Waals surface area (Å²) in [7, 11) is 3.08. The number of hydrogen-bond donors (Lipinski definition) is 0. The SMILES string of the molecule is COC[C@]1(C)C(=O)C(C#N)=C[C@]2(C)C3=CC(=O)[C@@H]4[C@@H]5CC(C)(C)CC[C@]5(C(=O)OC)CC[C@@]4(C)[C@]3(C)CC[C@H]21. The van der Waals surface area contributed by atoms with Crippen LogP contribution in [0.4, 0.5) is 0 Å². The van der Waals surface area contributed by atoms with Crippen LogP contribution in [0.25, 0.3) is 0 Å². The Morgan fingerprint density at radius 2 is 1.69 bits per heavy atom. The number of nitriles is 1. The standard InChI is InChI=1S/C33H45NO5/c1-28(2)11-13-33(27(37)39-8)14-12-32(6)25(21(33)17-28)22(35)15-24-29(3)16-20(18-34)26(36)30(4,19-38-7)23(29)9-10-31(24,32)5/h15-16,21,23,25H,9-14,17,19H2,1-8H3/t21-,23+,25-,29-,30-,31+,32+,33-/m0/s1. The summed E-state index contributed by atoms with van der Waals surface area (Å²) < 4.78 is 11.0. The van der Waals surface area contributed by atoms with Crippen LogP contribution in [0.3, 0.4) is 0 Å². The van der Waals surface area contributed by atoms with E-state index < -0.39 is 16.2 Å². The lowest BCUT2D eigenvalue weighted by atomic mass is 9.34. The van der Waals surface area contributed by atoms with Gasteiger partial charge in [0.1, 0.15) is 6.07 Å². The molecule has 212 valence electrons. The maximum Gasteiger partial charge on any atom is 0.312 e. The van der Waals surface area contributed by atoms with E-state index in [0.717, 1.165) is 50.5 Å². The summed E-state index contributed by atoms with van der Waals surface area (Å²) in [5, 5.41) is 9.99. The molecule has 5 aliphatic carbocycles. The van der Waals surface area contributed by atoms with Crippen molar-refractivity contribution in [3.05, 3.63) is 23.3 Å². The number of nitrogens with zero attached hydrogens (tertiary/aromatic N) is 1. The first-order valence-electron chi connectivity index (χ1n) is 14.6. The fourth-order valence-electron chi connectivity index (χ4n) is 10.5. The van der Waals surface area contributed by atoms with Crippen molar-refractivity contribution < 1.29 is 23.9 Å². The number of fused-ring (bicyclic) bond motifs is 7. The van der Waals surface area contributed by atoms with Crippen LogP contribution < -0.4 is 0 Å². The summed E-state index contributed by atoms with van der Waals surface area (Å²) in [5.41, 5.74) is -1.47. The van der Waals surface area contributed by atoms with Crippen molar-refractivity contribution in [2.45, 2.75) is 86.5 Å². The van der Waals surface area contributed by atoms with E-state index in [1.54, 1.807) is 7.11 Å². The Hall–Kier alpha value is -2.26. The van der Waals surface area contributed by atoms with Gasteiger partial charge in [0, 0.05) is 18.4 Å². The van der Waals surface area contributed by atoms with Gasteiger partial charge in [-0.25, -0.2) is 0 Å². The van der Waals surface area contributed by atoms with Crippen LogP contribution in [0.15, 0.2) is 23.3 Å². The first-order chi connectivity index (χ1) is 18.1. The molecule has 8 atom stereocenters. The lowest BCUT2D eigenvalue weighted by Gasteiger charge is -2.68. The van der Waals surface area contributed by atoms with Gasteiger partial charge in [0.15, 0.2) is 11.6 Å². The average Bonchev–Trinajstić information content (AvgIpc) is 2.87. The molecule has 0 amide bonds. The van der Waals surface area contributed by atoms with Gasteiger partial charge in [0.05, 0.1) is 30.1 Å². The highest BCUT2D eigenvalue weighted by Crippen LogP contribution is 2.74. The molecular weight excluding hydrogens is 490 g/mol. The maximum absolute atomic E-state index is 14.5. The molecule has 0 saturated heterocycles. The fraction of sp³-hybridized carbons (Fsp3) is 0.758. The molecule has 5 aliphatic rings. The Bertz CT molecular complexity index is 1240. The topological polar surface area (TPSA) is 93.5 Å². The molecule has 0 unspecified atom stereocenters. The predicted molar refractivity (Wildman–Crippen MR) is 147 cm³/mol. The summed E-state index contributed by atoms with van der Waals surface area (Å²) in [6, 6.07) is 2.17. The molecule has 6 nitrogen and oxygen atoms in total. The number of Topliss-reactive ketones (excluding diaryl/α,β-unsaturated/α-hetero) is 1. The van der Waals surface area contributed by atoms with Gasteiger partial charge in [-0.1, -0.05) is 46.3 Å². The van der Waals surface area contributed by atoms with Gasteiger partial charge in [-0.05, 0) is 86.0 Å². The molecule has 0 aromatic carbocycles. The van der Waals surface area contributed by atoms with E-state index in [0.29, 0.717) is 0 Å². The van der Waals surface area contributed by atoms with Crippen LogP contribution in [0.5, 0.6) is 0 Å². The highest BCUT2D eigenvalue weighted by atomic mass is 16.5. The third-order valence-corrected chi connectivity index (χ3v) is 12.7. The van der Waals surface area contributed by atoms with E-state index >= 15 is 0 Å². The van der Waals surface area contributed by atoms with Crippen molar-refractivity contribution in [3.63, 3.8) is 0 Å². The van der Waals surface area contributed by atoms with E-state index in [1.165, 1.54) is 7.11 Å². The third kappa shape index (κ3) is 3.44. The Labute approximate surface area is 233 Å². The lowest BCUT2D eigenvalue weighted by Crippen LogP contribution is -2.66. The van der Waals surface area contributed by atoms with Crippen LogP contribution in [-0.2, 0) is 23.9 Å². The smallest absolute Gasteiger partial charge is 0.312 e. The summed E-state index contributed by atoms with van der Waals surface area (Å²) >= 11 is 0. The third-order valence-electron chi connectivity index (χ3n) is 12.7. The van der Waals surface area contributed by atoms with E-state index in [1.807, 2.05) is 19.1 Å². The molecule has 0 aromatic rings. The Kier molecular flexibility index (Phi) is 6.25. The molecule has 0 heterocycles. The molecule has 0 radical (unpaired) electrons.